The molecule has 1 fully saturated rings. The van der Waals surface area contributed by atoms with Gasteiger partial charge in [0.25, 0.3) is 0 Å². The van der Waals surface area contributed by atoms with Crippen LogP contribution in [-0.2, 0) is 14.3 Å². The Hall–Kier alpha value is -0.710. The SMILES string of the molecule is CCOC(=O)C(F)(F)[C@H]1CCCO1. The third-order valence-corrected chi connectivity index (χ3v) is 1.88. The molecule has 0 aromatic carbocycles. The summed E-state index contributed by atoms with van der Waals surface area (Å²) in [7, 11) is 0. The van der Waals surface area contributed by atoms with Gasteiger partial charge in [-0.05, 0) is 19.8 Å². The van der Waals surface area contributed by atoms with E-state index < -0.39 is 18.0 Å². The van der Waals surface area contributed by atoms with E-state index in [-0.39, 0.29) is 13.0 Å². The fourth-order valence-electron chi connectivity index (χ4n) is 1.22. The molecule has 0 unspecified atom stereocenters. The summed E-state index contributed by atoms with van der Waals surface area (Å²) in [6.07, 6.45) is -0.516. The molecule has 1 atom stereocenters. The molecule has 5 heteroatoms. The number of esters is 1. The average molecular weight is 194 g/mol. The van der Waals surface area contributed by atoms with Crippen molar-refractivity contribution in [3.05, 3.63) is 0 Å². The summed E-state index contributed by atoms with van der Waals surface area (Å²) in [5.74, 6) is -4.98. The van der Waals surface area contributed by atoms with Gasteiger partial charge < -0.3 is 9.47 Å². The molecule has 0 amide bonds. The molecule has 76 valence electrons. The van der Waals surface area contributed by atoms with Crippen LogP contribution in [0, 0.1) is 0 Å². The molecule has 1 aliphatic rings. The molecule has 1 aliphatic heterocycles. The lowest BCUT2D eigenvalue weighted by Gasteiger charge is -2.19. The Bertz CT molecular complexity index is 188. The fraction of sp³-hybridized carbons (Fsp3) is 0.875. The van der Waals surface area contributed by atoms with Crippen LogP contribution >= 0.6 is 0 Å². The van der Waals surface area contributed by atoms with E-state index in [2.05, 4.69) is 4.74 Å². The molecule has 13 heavy (non-hydrogen) atoms. The zero-order valence-corrected chi connectivity index (χ0v) is 7.39. The average Bonchev–Trinajstić information content (AvgIpc) is 2.56. The standard InChI is InChI=1S/C8H12F2O3/c1-2-12-7(11)8(9,10)6-4-3-5-13-6/h6H,2-5H2,1H3/t6-/m1/s1. The van der Waals surface area contributed by atoms with Crippen LogP contribution in [0.1, 0.15) is 19.8 Å². The van der Waals surface area contributed by atoms with Crippen molar-refractivity contribution in [3.63, 3.8) is 0 Å². The fourth-order valence-corrected chi connectivity index (χ4v) is 1.22. The Kier molecular flexibility index (Phi) is 3.19. The Morgan fingerprint density at radius 3 is 2.85 bits per heavy atom. The van der Waals surface area contributed by atoms with Crippen LogP contribution in [0.5, 0.6) is 0 Å². The first-order valence-corrected chi connectivity index (χ1v) is 4.25. The number of ether oxygens (including phenoxy) is 2. The number of halogens is 2. The minimum atomic E-state index is -3.49. The number of carbonyl (C=O) groups is 1. The quantitative estimate of drug-likeness (QED) is 0.636. The number of hydrogen-bond donors (Lipinski definition) is 0. The van der Waals surface area contributed by atoms with E-state index in [4.69, 9.17) is 4.74 Å². The normalized spacial score (nSPS) is 23.2. The van der Waals surface area contributed by atoms with Gasteiger partial charge in [0, 0.05) is 6.61 Å². The van der Waals surface area contributed by atoms with Gasteiger partial charge in [0.15, 0.2) is 0 Å². The Balaban J connectivity index is 2.57. The van der Waals surface area contributed by atoms with E-state index in [1.807, 2.05) is 0 Å². The van der Waals surface area contributed by atoms with Gasteiger partial charge >= 0.3 is 11.9 Å². The first kappa shape index (κ1) is 10.4. The summed E-state index contributed by atoms with van der Waals surface area (Å²) in [5, 5.41) is 0. The summed E-state index contributed by atoms with van der Waals surface area (Å²) < 4.78 is 35.2. The Labute approximate surface area is 75.0 Å². The second kappa shape index (κ2) is 4.00. The van der Waals surface area contributed by atoms with Gasteiger partial charge in [0.2, 0.25) is 0 Å². The highest BCUT2D eigenvalue weighted by molar-refractivity contribution is 5.78. The molecule has 0 bridgehead atoms. The third-order valence-electron chi connectivity index (χ3n) is 1.88. The van der Waals surface area contributed by atoms with E-state index in [0.717, 1.165) is 0 Å². The van der Waals surface area contributed by atoms with Crippen molar-refractivity contribution in [1.29, 1.82) is 0 Å². The van der Waals surface area contributed by atoms with Crippen LogP contribution in [0.25, 0.3) is 0 Å². The molecular weight excluding hydrogens is 182 g/mol. The number of hydrogen-bond acceptors (Lipinski definition) is 3. The predicted octanol–water partition coefficient (Wildman–Crippen LogP) is 1.36. The molecule has 1 rings (SSSR count). The minimum Gasteiger partial charge on any atom is -0.461 e. The van der Waals surface area contributed by atoms with Crippen LogP contribution in [0.2, 0.25) is 0 Å². The summed E-state index contributed by atoms with van der Waals surface area (Å²) in [5.41, 5.74) is 0. The molecule has 0 aromatic heterocycles. The highest BCUT2D eigenvalue weighted by Crippen LogP contribution is 2.30. The van der Waals surface area contributed by atoms with E-state index in [1.54, 1.807) is 0 Å². The van der Waals surface area contributed by atoms with Gasteiger partial charge in [0.1, 0.15) is 6.10 Å². The summed E-state index contributed by atoms with van der Waals surface area (Å²) in [6, 6.07) is 0. The summed E-state index contributed by atoms with van der Waals surface area (Å²) in [4.78, 5) is 10.8. The summed E-state index contributed by atoms with van der Waals surface area (Å²) >= 11 is 0. The van der Waals surface area contributed by atoms with Crippen LogP contribution < -0.4 is 0 Å². The first-order valence-electron chi connectivity index (χ1n) is 4.25. The molecule has 1 saturated heterocycles. The van der Waals surface area contributed by atoms with Crippen molar-refractivity contribution >= 4 is 5.97 Å². The maximum atomic E-state index is 13.1. The lowest BCUT2D eigenvalue weighted by molar-refractivity contribution is -0.189. The number of alkyl halides is 2. The van der Waals surface area contributed by atoms with Crippen molar-refractivity contribution in [2.75, 3.05) is 13.2 Å². The highest BCUT2D eigenvalue weighted by Gasteiger charge is 2.50. The van der Waals surface area contributed by atoms with Gasteiger partial charge in [-0.2, -0.15) is 8.78 Å². The lowest BCUT2D eigenvalue weighted by atomic mass is 10.1. The van der Waals surface area contributed by atoms with Gasteiger partial charge in [-0.25, -0.2) is 4.79 Å². The van der Waals surface area contributed by atoms with E-state index >= 15 is 0 Å². The zero-order chi connectivity index (χ0) is 9.90. The molecule has 0 aliphatic carbocycles. The Morgan fingerprint density at radius 1 is 1.69 bits per heavy atom. The predicted molar refractivity (Wildman–Crippen MR) is 40.6 cm³/mol. The number of carbonyl (C=O) groups excluding carboxylic acids is 1. The summed E-state index contributed by atoms with van der Waals surface area (Å²) in [6.45, 7) is 1.74. The van der Waals surface area contributed by atoms with Gasteiger partial charge in [-0.15, -0.1) is 0 Å². The van der Waals surface area contributed by atoms with Crippen molar-refractivity contribution < 1.29 is 23.0 Å². The highest BCUT2D eigenvalue weighted by atomic mass is 19.3. The molecule has 0 saturated carbocycles. The van der Waals surface area contributed by atoms with Gasteiger partial charge in [-0.1, -0.05) is 0 Å². The van der Waals surface area contributed by atoms with Gasteiger partial charge in [-0.3, -0.25) is 0 Å². The molecule has 0 N–H and O–H groups in total. The van der Waals surface area contributed by atoms with Gasteiger partial charge in [0.05, 0.1) is 6.61 Å². The van der Waals surface area contributed by atoms with Crippen molar-refractivity contribution in [3.8, 4) is 0 Å². The maximum absolute atomic E-state index is 13.1. The minimum absolute atomic E-state index is 0.0405. The second-order valence-electron chi connectivity index (χ2n) is 2.85. The molecule has 0 aromatic rings. The topological polar surface area (TPSA) is 35.5 Å². The zero-order valence-electron chi connectivity index (χ0n) is 7.39. The van der Waals surface area contributed by atoms with E-state index in [1.165, 1.54) is 6.92 Å². The second-order valence-corrected chi connectivity index (χ2v) is 2.85. The number of rotatable bonds is 3. The van der Waals surface area contributed by atoms with Crippen LogP contribution in [0.15, 0.2) is 0 Å². The monoisotopic (exact) mass is 194 g/mol. The van der Waals surface area contributed by atoms with Crippen molar-refractivity contribution in [2.24, 2.45) is 0 Å². The molecule has 1 heterocycles. The lowest BCUT2D eigenvalue weighted by Crippen LogP contribution is -2.42. The largest absolute Gasteiger partial charge is 0.461 e. The molecule has 0 spiro atoms. The maximum Gasteiger partial charge on any atom is 0.379 e. The third kappa shape index (κ3) is 2.15. The molecule has 3 nitrogen and oxygen atoms in total. The molecule has 0 radical (unpaired) electrons. The Morgan fingerprint density at radius 2 is 2.38 bits per heavy atom. The van der Waals surface area contributed by atoms with Crippen LogP contribution in [0.3, 0.4) is 0 Å². The van der Waals surface area contributed by atoms with Crippen molar-refractivity contribution in [2.45, 2.75) is 31.8 Å². The molecular formula is C8H12F2O3. The van der Waals surface area contributed by atoms with E-state index in [9.17, 15) is 13.6 Å². The van der Waals surface area contributed by atoms with Crippen LogP contribution in [0.4, 0.5) is 8.78 Å². The smallest absolute Gasteiger partial charge is 0.379 e. The van der Waals surface area contributed by atoms with Crippen LogP contribution in [-0.4, -0.2) is 31.2 Å². The first-order chi connectivity index (χ1) is 6.09. The van der Waals surface area contributed by atoms with Crippen molar-refractivity contribution in [1.82, 2.24) is 0 Å². The van der Waals surface area contributed by atoms with E-state index in [0.29, 0.717) is 13.0 Å².